The Labute approximate surface area is 138 Å². The van der Waals surface area contributed by atoms with E-state index in [1.165, 1.54) is 24.3 Å². The van der Waals surface area contributed by atoms with Gasteiger partial charge in [-0.05, 0) is 37.1 Å². The van der Waals surface area contributed by atoms with Gasteiger partial charge in [-0.3, -0.25) is 0 Å². The first-order valence-electron chi connectivity index (χ1n) is 7.70. The average molecular weight is 346 g/mol. The molecule has 0 bridgehead atoms. The molecule has 1 aromatic carbocycles. The lowest BCUT2D eigenvalue weighted by molar-refractivity contribution is -0.153. The lowest BCUT2D eigenvalue weighted by Gasteiger charge is -2.30. The van der Waals surface area contributed by atoms with Gasteiger partial charge in [0.2, 0.25) is 0 Å². The molecule has 0 heterocycles. The number of nitrogens with one attached hydrogen (secondary N) is 2. The molecule has 1 saturated carbocycles. The van der Waals surface area contributed by atoms with Gasteiger partial charge in [0.15, 0.2) is 6.61 Å². The molecule has 2 unspecified atom stereocenters. The molecule has 0 aromatic heterocycles. The predicted octanol–water partition coefficient (Wildman–Crippen LogP) is 3.30. The van der Waals surface area contributed by atoms with Crippen molar-refractivity contribution >= 4 is 11.7 Å². The summed E-state index contributed by atoms with van der Waals surface area (Å²) in [5, 5.41) is 14.9. The normalized spacial score (nSPS) is 23.8. The molecule has 2 rings (SSSR count). The summed E-state index contributed by atoms with van der Waals surface area (Å²) in [5.41, 5.74) is 0.114. The molecule has 2 amide bonds. The number of benzene rings is 1. The Kier molecular flexibility index (Phi) is 5.58. The van der Waals surface area contributed by atoms with Gasteiger partial charge in [0, 0.05) is 17.1 Å². The number of alkyl halides is 3. The fourth-order valence-corrected chi connectivity index (χ4v) is 2.79. The maximum Gasteiger partial charge on any atom is 0.422 e. The minimum absolute atomic E-state index is 0.00316. The Morgan fingerprint density at radius 1 is 1.38 bits per heavy atom. The Hall–Kier alpha value is -1.96. The molecule has 0 radical (unpaired) electrons. The highest BCUT2D eigenvalue weighted by Gasteiger charge is 2.39. The summed E-state index contributed by atoms with van der Waals surface area (Å²) < 4.78 is 40.8. The van der Waals surface area contributed by atoms with Gasteiger partial charge in [-0.25, -0.2) is 4.79 Å². The Balaban J connectivity index is 1.86. The van der Waals surface area contributed by atoms with E-state index in [0.29, 0.717) is 5.69 Å². The molecule has 5 nitrogen and oxygen atoms in total. The molecule has 0 spiro atoms. The van der Waals surface area contributed by atoms with Crippen LogP contribution in [0.3, 0.4) is 0 Å². The summed E-state index contributed by atoms with van der Waals surface area (Å²) in [4.78, 5) is 12.0. The van der Waals surface area contributed by atoms with Crippen molar-refractivity contribution in [3.05, 3.63) is 24.3 Å². The van der Waals surface area contributed by atoms with Crippen LogP contribution in [0, 0.1) is 5.41 Å². The summed E-state index contributed by atoms with van der Waals surface area (Å²) >= 11 is 0. The van der Waals surface area contributed by atoms with E-state index in [1.54, 1.807) is 0 Å². The number of carbonyl (C=O) groups is 1. The number of carbonyl (C=O) groups excluding carboxylic acids is 1. The molecule has 24 heavy (non-hydrogen) atoms. The molecular formula is C16H21F3N2O3. The average Bonchev–Trinajstić information content (AvgIpc) is 2.87. The van der Waals surface area contributed by atoms with E-state index in [2.05, 4.69) is 15.4 Å². The standard InChI is InChI=1S/C16H21F3N2O3/c1-15(9-22)8-2-3-13(15)21-14(23)20-11-4-6-12(7-5-11)24-10-16(17,18)19/h4-7,13,22H,2-3,8-10H2,1H3,(H2,20,21,23). The zero-order chi connectivity index (χ0) is 17.8. The molecule has 8 heteroatoms. The van der Waals surface area contributed by atoms with E-state index in [0.717, 1.165) is 19.3 Å². The lowest BCUT2D eigenvalue weighted by atomic mass is 9.86. The van der Waals surface area contributed by atoms with E-state index in [9.17, 15) is 23.1 Å². The largest absolute Gasteiger partial charge is 0.484 e. The van der Waals surface area contributed by atoms with Gasteiger partial charge in [0.1, 0.15) is 5.75 Å². The highest BCUT2D eigenvalue weighted by Crippen LogP contribution is 2.37. The van der Waals surface area contributed by atoms with Crippen LogP contribution in [0.2, 0.25) is 0 Å². The van der Waals surface area contributed by atoms with Crippen molar-refractivity contribution in [2.24, 2.45) is 5.41 Å². The van der Waals surface area contributed by atoms with Gasteiger partial charge in [-0.15, -0.1) is 0 Å². The fourth-order valence-electron chi connectivity index (χ4n) is 2.79. The molecule has 1 aliphatic carbocycles. The second-order valence-corrected chi connectivity index (χ2v) is 6.28. The van der Waals surface area contributed by atoms with Crippen LogP contribution < -0.4 is 15.4 Å². The van der Waals surface area contributed by atoms with Crippen LogP contribution in [0.25, 0.3) is 0 Å². The van der Waals surface area contributed by atoms with Gasteiger partial charge in [0.05, 0.1) is 6.61 Å². The van der Waals surface area contributed by atoms with E-state index < -0.39 is 18.8 Å². The molecule has 3 N–H and O–H groups in total. The van der Waals surface area contributed by atoms with Gasteiger partial charge in [-0.1, -0.05) is 13.3 Å². The molecule has 0 saturated heterocycles. The zero-order valence-corrected chi connectivity index (χ0v) is 13.3. The Morgan fingerprint density at radius 3 is 2.62 bits per heavy atom. The number of rotatable bonds is 5. The number of anilines is 1. The van der Waals surface area contributed by atoms with Crippen LogP contribution in [0.4, 0.5) is 23.7 Å². The van der Waals surface area contributed by atoms with Crippen molar-refractivity contribution in [2.75, 3.05) is 18.5 Å². The third-order valence-electron chi connectivity index (χ3n) is 4.26. The van der Waals surface area contributed by atoms with Crippen LogP contribution in [-0.4, -0.2) is 36.6 Å². The first-order chi connectivity index (χ1) is 11.2. The van der Waals surface area contributed by atoms with Gasteiger partial charge in [0.25, 0.3) is 0 Å². The van der Waals surface area contributed by atoms with Crippen LogP contribution in [0.1, 0.15) is 26.2 Å². The fraction of sp³-hybridized carbons (Fsp3) is 0.562. The Morgan fingerprint density at radius 2 is 2.04 bits per heavy atom. The van der Waals surface area contributed by atoms with Gasteiger partial charge >= 0.3 is 12.2 Å². The molecular weight excluding hydrogens is 325 g/mol. The Bertz CT molecular complexity index is 563. The van der Waals surface area contributed by atoms with Gasteiger partial charge in [-0.2, -0.15) is 13.2 Å². The third kappa shape index (κ3) is 5.02. The summed E-state index contributed by atoms with van der Waals surface area (Å²) in [7, 11) is 0. The number of halogens is 3. The van der Waals surface area contributed by atoms with Gasteiger partial charge < -0.3 is 20.5 Å². The number of hydrogen-bond donors (Lipinski definition) is 3. The van der Waals surface area contributed by atoms with E-state index in [4.69, 9.17) is 0 Å². The van der Waals surface area contributed by atoms with Crippen LogP contribution >= 0.6 is 0 Å². The number of ether oxygens (including phenoxy) is 1. The van der Waals surface area contributed by atoms with Crippen LogP contribution in [-0.2, 0) is 0 Å². The first-order valence-corrected chi connectivity index (χ1v) is 7.70. The van der Waals surface area contributed by atoms with Crippen LogP contribution in [0.15, 0.2) is 24.3 Å². The molecule has 1 aromatic rings. The van der Waals surface area contributed by atoms with Crippen molar-refractivity contribution in [3.8, 4) is 5.75 Å². The highest BCUT2D eigenvalue weighted by atomic mass is 19.4. The molecule has 134 valence electrons. The topological polar surface area (TPSA) is 70.6 Å². The predicted molar refractivity (Wildman–Crippen MR) is 83.0 cm³/mol. The second-order valence-electron chi connectivity index (χ2n) is 6.28. The maximum absolute atomic E-state index is 12.1. The van der Waals surface area contributed by atoms with Crippen LogP contribution in [0.5, 0.6) is 5.75 Å². The number of aliphatic hydroxyl groups excluding tert-OH is 1. The van der Waals surface area contributed by atoms with Crippen molar-refractivity contribution in [3.63, 3.8) is 0 Å². The van der Waals surface area contributed by atoms with Crippen molar-refractivity contribution < 1.29 is 27.8 Å². The van der Waals surface area contributed by atoms with E-state index >= 15 is 0 Å². The van der Waals surface area contributed by atoms with Crippen molar-refractivity contribution in [1.29, 1.82) is 0 Å². The lowest BCUT2D eigenvalue weighted by Crippen LogP contribution is -2.46. The molecule has 1 aliphatic rings. The maximum atomic E-state index is 12.1. The zero-order valence-electron chi connectivity index (χ0n) is 13.3. The molecule has 0 aliphatic heterocycles. The van der Waals surface area contributed by atoms with Crippen molar-refractivity contribution in [2.45, 2.75) is 38.4 Å². The highest BCUT2D eigenvalue weighted by molar-refractivity contribution is 5.89. The number of aliphatic hydroxyl groups is 1. The molecule has 1 fully saturated rings. The number of amides is 2. The SMILES string of the molecule is CC1(CO)CCCC1NC(=O)Nc1ccc(OCC(F)(F)F)cc1. The summed E-state index contributed by atoms with van der Waals surface area (Å²) in [6.07, 6.45) is -1.81. The number of hydrogen-bond acceptors (Lipinski definition) is 3. The summed E-state index contributed by atoms with van der Waals surface area (Å²) in [5.74, 6) is 0.0712. The van der Waals surface area contributed by atoms with E-state index in [1.807, 2.05) is 6.92 Å². The summed E-state index contributed by atoms with van der Waals surface area (Å²) in [6.45, 7) is 0.572. The monoisotopic (exact) mass is 346 g/mol. The second kappa shape index (κ2) is 7.29. The quantitative estimate of drug-likeness (QED) is 0.766. The first kappa shape index (κ1) is 18.4. The smallest absolute Gasteiger partial charge is 0.422 e. The van der Waals surface area contributed by atoms with Crippen molar-refractivity contribution in [1.82, 2.24) is 5.32 Å². The minimum Gasteiger partial charge on any atom is -0.484 e. The van der Waals surface area contributed by atoms with E-state index in [-0.39, 0.29) is 23.8 Å². The molecule has 2 atom stereocenters. The number of urea groups is 1. The summed E-state index contributed by atoms with van der Waals surface area (Å²) in [6, 6.07) is 5.11. The third-order valence-corrected chi connectivity index (χ3v) is 4.26. The minimum atomic E-state index is -4.39.